The summed E-state index contributed by atoms with van der Waals surface area (Å²) in [5.41, 5.74) is 7.46. The van der Waals surface area contributed by atoms with Gasteiger partial charge in [0.1, 0.15) is 0 Å². The summed E-state index contributed by atoms with van der Waals surface area (Å²) in [6, 6.07) is 7.16. The number of rotatable bonds is 7. The van der Waals surface area contributed by atoms with Gasteiger partial charge >= 0.3 is 0 Å². The lowest BCUT2D eigenvalue weighted by molar-refractivity contribution is -0.120. The molecule has 20 heavy (non-hydrogen) atoms. The maximum atomic E-state index is 11.8. The Hall–Kier alpha value is -1.88. The summed E-state index contributed by atoms with van der Waals surface area (Å²) in [6.07, 6.45) is 2.49. The molecule has 0 spiro atoms. The van der Waals surface area contributed by atoms with E-state index in [4.69, 9.17) is 5.73 Å². The fraction of sp³-hybridized carbons (Fsp3) is 0.467. The van der Waals surface area contributed by atoms with Gasteiger partial charge in [0, 0.05) is 25.2 Å². The Balaban J connectivity index is 2.48. The Kier molecular flexibility index (Phi) is 6.73. The lowest BCUT2D eigenvalue weighted by Gasteiger charge is -2.11. The predicted octanol–water partition coefficient (Wildman–Crippen LogP) is 1.43. The Bertz CT molecular complexity index is 443. The van der Waals surface area contributed by atoms with E-state index in [-0.39, 0.29) is 17.9 Å². The van der Waals surface area contributed by atoms with Crippen molar-refractivity contribution in [3.63, 3.8) is 0 Å². The van der Waals surface area contributed by atoms with E-state index in [2.05, 4.69) is 10.6 Å². The molecule has 110 valence electrons. The third-order valence-corrected chi connectivity index (χ3v) is 2.99. The molecule has 0 bridgehead atoms. The second kappa shape index (κ2) is 8.32. The van der Waals surface area contributed by atoms with Crippen LogP contribution < -0.4 is 16.4 Å². The molecule has 0 saturated heterocycles. The quantitative estimate of drug-likeness (QED) is 0.705. The first-order valence-electron chi connectivity index (χ1n) is 6.90. The SMILES string of the molecule is CCCC(N)CC(=O)Nc1ccc(CC(=O)NC)cc1. The zero-order valence-corrected chi connectivity index (χ0v) is 12.1. The van der Waals surface area contributed by atoms with Crippen LogP contribution in [0.5, 0.6) is 0 Å². The monoisotopic (exact) mass is 277 g/mol. The van der Waals surface area contributed by atoms with Crippen LogP contribution in [0.4, 0.5) is 5.69 Å². The van der Waals surface area contributed by atoms with Gasteiger partial charge < -0.3 is 16.4 Å². The number of nitrogens with one attached hydrogen (secondary N) is 2. The number of carbonyl (C=O) groups is 2. The molecule has 1 rings (SSSR count). The lowest BCUT2D eigenvalue weighted by Crippen LogP contribution is -2.26. The third-order valence-electron chi connectivity index (χ3n) is 2.99. The van der Waals surface area contributed by atoms with E-state index in [1.165, 1.54) is 0 Å². The van der Waals surface area contributed by atoms with Gasteiger partial charge in [0.25, 0.3) is 0 Å². The smallest absolute Gasteiger partial charge is 0.225 e. The van der Waals surface area contributed by atoms with Gasteiger partial charge in [-0.15, -0.1) is 0 Å². The van der Waals surface area contributed by atoms with E-state index in [0.717, 1.165) is 24.1 Å². The molecule has 0 aliphatic carbocycles. The highest BCUT2D eigenvalue weighted by molar-refractivity contribution is 5.91. The van der Waals surface area contributed by atoms with Crippen LogP contribution in [0, 0.1) is 0 Å². The van der Waals surface area contributed by atoms with Crippen molar-refractivity contribution in [2.75, 3.05) is 12.4 Å². The van der Waals surface area contributed by atoms with Gasteiger partial charge in [-0.3, -0.25) is 9.59 Å². The second-order valence-corrected chi connectivity index (χ2v) is 4.85. The van der Waals surface area contributed by atoms with Crippen molar-refractivity contribution in [2.45, 2.75) is 38.6 Å². The second-order valence-electron chi connectivity index (χ2n) is 4.85. The highest BCUT2D eigenvalue weighted by atomic mass is 16.2. The molecule has 0 fully saturated rings. The third kappa shape index (κ3) is 5.84. The molecule has 0 aliphatic heterocycles. The highest BCUT2D eigenvalue weighted by Gasteiger charge is 2.09. The molecule has 5 heteroatoms. The number of hydrogen-bond donors (Lipinski definition) is 3. The van der Waals surface area contributed by atoms with Crippen LogP contribution in [0.3, 0.4) is 0 Å². The number of nitrogens with two attached hydrogens (primary N) is 1. The average molecular weight is 277 g/mol. The number of amides is 2. The molecule has 2 amide bonds. The van der Waals surface area contributed by atoms with Crippen LogP contribution in [-0.4, -0.2) is 24.9 Å². The molecule has 0 heterocycles. The zero-order valence-electron chi connectivity index (χ0n) is 12.1. The number of likely N-dealkylation sites (N-methyl/N-ethyl adjacent to an activating group) is 1. The molecule has 1 aromatic rings. The molecule has 0 radical (unpaired) electrons. The zero-order chi connectivity index (χ0) is 15.0. The van der Waals surface area contributed by atoms with Gasteiger partial charge in [0.05, 0.1) is 6.42 Å². The summed E-state index contributed by atoms with van der Waals surface area (Å²) in [7, 11) is 1.61. The summed E-state index contributed by atoms with van der Waals surface area (Å²) in [5, 5.41) is 5.38. The van der Waals surface area contributed by atoms with Crippen molar-refractivity contribution < 1.29 is 9.59 Å². The Morgan fingerprint density at radius 3 is 2.40 bits per heavy atom. The maximum Gasteiger partial charge on any atom is 0.225 e. The molecular weight excluding hydrogens is 254 g/mol. The van der Waals surface area contributed by atoms with Crippen LogP contribution in [0.2, 0.25) is 0 Å². The highest BCUT2D eigenvalue weighted by Crippen LogP contribution is 2.11. The Labute approximate surface area is 119 Å². The predicted molar refractivity (Wildman–Crippen MR) is 80.3 cm³/mol. The van der Waals surface area contributed by atoms with E-state index >= 15 is 0 Å². The maximum absolute atomic E-state index is 11.8. The summed E-state index contributed by atoms with van der Waals surface area (Å²) in [5.74, 6) is -0.114. The summed E-state index contributed by atoms with van der Waals surface area (Å²) in [4.78, 5) is 23.0. The topological polar surface area (TPSA) is 84.2 Å². The Morgan fingerprint density at radius 2 is 1.85 bits per heavy atom. The first kappa shape index (κ1) is 16.2. The summed E-state index contributed by atoms with van der Waals surface area (Å²) in [6.45, 7) is 2.04. The van der Waals surface area contributed by atoms with Crippen molar-refractivity contribution >= 4 is 17.5 Å². The van der Waals surface area contributed by atoms with Crippen molar-refractivity contribution in [1.29, 1.82) is 0 Å². The average Bonchev–Trinajstić information content (AvgIpc) is 2.41. The number of carbonyl (C=O) groups excluding carboxylic acids is 2. The first-order chi connectivity index (χ1) is 9.55. The minimum Gasteiger partial charge on any atom is -0.359 e. The summed E-state index contributed by atoms with van der Waals surface area (Å²) < 4.78 is 0. The standard InChI is InChI=1S/C15H23N3O2/c1-3-4-12(16)10-15(20)18-13-7-5-11(6-8-13)9-14(19)17-2/h5-8,12H,3-4,9-10,16H2,1-2H3,(H,17,19)(H,18,20). The van der Waals surface area contributed by atoms with Gasteiger partial charge in [-0.1, -0.05) is 25.5 Å². The van der Waals surface area contributed by atoms with Crippen molar-refractivity contribution in [2.24, 2.45) is 5.73 Å². The van der Waals surface area contributed by atoms with E-state index in [0.29, 0.717) is 12.8 Å². The summed E-state index contributed by atoms with van der Waals surface area (Å²) >= 11 is 0. The molecule has 0 aliphatic rings. The van der Waals surface area contributed by atoms with Crippen LogP contribution in [-0.2, 0) is 16.0 Å². The molecular formula is C15H23N3O2. The van der Waals surface area contributed by atoms with Crippen LogP contribution in [0.1, 0.15) is 31.7 Å². The molecule has 5 nitrogen and oxygen atoms in total. The molecule has 1 unspecified atom stereocenters. The fourth-order valence-electron chi connectivity index (χ4n) is 1.90. The molecule has 0 saturated carbocycles. The number of benzene rings is 1. The minimum absolute atomic E-state index is 0.0349. The molecule has 1 atom stereocenters. The molecule has 0 aromatic heterocycles. The molecule has 4 N–H and O–H groups in total. The van der Waals surface area contributed by atoms with E-state index in [1.807, 2.05) is 19.1 Å². The first-order valence-corrected chi connectivity index (χ1v) is 6.90. The van der Waals surface area contributed by atoms with Crippen molar-refractivity contribution in [1.82, 2.24) is 5.32 Å². The van der Waals surface area contributed by atoms with Gasteiger partial charge in [-0.25, -0.2) is 0 Å². The van der Waals surface area contributed by atoms with E-state index in [9.17, 15) is 9.59 Å². The van der Waals surface area contributed by atoms with Gasteiger partial charge in [0.15, 0.2) is 0 Å². The fourth-order valence-corrected chi connectivity index (χ4v) is 1.90. The van der Waals surface area contributed by atoms with Gasteiger partial charge in [-0.2, -0.15) is 0 Å². The van der Waals surface area contributed by atoms with Gasteiger partial charge in [-0.05, 0) is 24.1 Å². The number of anilines is 1. The van der Waals surface area contributed by atoms with Crippen LogP contribution >= 0.6 is 0 Å². The normalized spacial score (nSPS) is 11.8. The molecule has 1 aromatic carbocycles. The minimum atomic E-state index is -0.0903. The van der Waals surface area contributed by atoms with Gasteiger partial charge in [0.2, 0.25) is 11.8 Å². The lowest BCUT2D eigenvalue weighted by atomic mass is 10.1. The van der Waals surface area contributed by atoms with Crippen molar-refractivity contribution in [3.8, 4) is 0 Å². The van der Waals surface area contributed by atoms with Crippen molar-refractivity contribution in [3.05, 3.63) is 29.8 Å². The van der Waals surface area contributed by atoms with E-state index < -0.39 is 0 Å². The Morgan fingerprint density at radius 1 is 1.20 bits per heavy atom. The number of hydrogen-bond acceptors (Lipinski definition) is 3. The van der Waals surface area contributed by atoms with E-state index in [1.54, 1.807) is 19.2 Å². The largest absolute Gasteiger partial charge is 0.359 e. The van der Waals surface area contributed by atoms with Crippen LogP contribution in [0.25, 0.3) is 0 Å². The van der Waals surface area contributed by atoms with Crippen LogP contribution in [0.15, 0.2) is 24.3 Å².